The van der Waals surface area contributed by atoms with Crippen molar-refractivity contribution in [2.45, 2.75) is 25.3 Å². The molecule has 0 aromatic heterocycles. The van der Waals surface area contributed by atoms with E-state index >= 15 is 0 Å². The topological polar surface area (TPSA) is 58.2 Å². The zero-order valence-corrected chi connectivity index (χ0v) is 11.1. The summed E-state index contributed by atoms with van der Waals surface area (Å²) < 4.78 is 25.3. The van der Waals surface area contributed by atoms with Gasteiger partial charge in [-0.15, -0.1) is 0 Å². The lowest BCUT2D eigenvalue weighted by molar-refractivity contribution is -0.122. The molecule has 1 aromatic rings. The summed E-state index contributed by atoms with van der Waals surface area (Å²) >= 11 is 0. The predicted molar refractivity (Wildman–Crippen MR) is 69.3 cm³/mol. The number of carbonyl (C=O) groups excluding carboxylic acids is 2. The zero-order chi connectivity index (χ0) is 14.8. The van der Waals surface area contributed by atoms with Gasteiger partial charge in [0.15, 0.2) is 0 Å². The number of amides is 2. The van der Waals surface area contributed by atoms with Crippen LogP contribution < -0.4 is 10.6 Å². The standard InChI is InChI=1S/C14H16F2N2O2/c1-17-13(20)10-4-2-9(3-5-10)8-18-12(19)6-11-7-14(11,15)16/h2-5,11H,6-8H2,1H3,(H,17,20)(H,18,19)/t11-/m0/s1. The van der Waals surface area contributed by atoms with Crippen LogP contribution in [0.15, 0.2) is 24.3 Å². The molecule has 0 unspecified atom stereocenters. The first kappa shape index (κ1) is 14.4. The van der Waals surface area contributed by atoms with Crippen molar-refractivity contribution in [3.63, 3.8) is 0 Å². The molecule has 6 heteroatoms. The van der Waals surface area contributed by atoms with Gasteiger partial charge in [-0.3, -0.25) is 9.59 Å². The summed E-state index contributed by atoms with van der Waals surface area (Å²) in [5, 5.41) is 5.11. The van der Waals surface area contributed by atoms with Crippen molar-refractivity contribution in [1.82, 2.24) is 10.6 Å². The Hall–Kier alpha value is -1.98. The van der Waals surface area contributed by atoms with Crippen molar-refractivity contribution in [3.05, 3.63) is 35.4 Å². The molecule has 20 heavy (non-hydrogen) atoms. The van der Waals surface area contributed by atoms with E-state index in [0.717, 1.165) is 5.56 Å². The fourth-order valence-electron chi connectivity index (χ4n) is 1.91. The van der Waals surface area contributed by atoms with E-state index in [1.165, 1.54) is 0 Å². The van der Waals surface area contributed by atoms with Crippen LogP contribution in [0, 0.1) is 5.92 Å². The van der Waals surface area contributed by atoms with E-state index in [0.29, 0.717) is 5.56 Å². The summed E-state index contributed by atoms with van der Waals surface area (Å²) in [5.41, 5.74) is 1.34. The number of alkyl halides is 2. The Balaban J connectivity index is 1.79. The molecule has 0 bridgehead atoms. The molecule has 2 N–H and O–H groups in total. The van der Waals surface area contributed by atoms with Gasteiger partial charge in [-0.2, -0.15) is 0 Å². The third kappa shape index (κ3) is 3.53. The molecule has 1 aromatic carbocycles. The molecule has 1 atom stereocenters. The van der Waals surface area contributed by atoms with Gasteiger partial charge in [-0.25, -0.2) is 8.78 Å². The van der Waals surface area contributed by atoms with Gasteiger partial charge in [-0.1, -0.05) is 12.1 Å². The van der Waals surface area contributed by atoms with Gasteiger partial charge in [0.05, 0.1) is 0 Å². The third-order valence-electron chi connectivity index (χ3n) is 3.32. The van der Waals surface area contributed by atoms with Gasteiger partial charge in [-0.05, 0) is 17.7 Å². The summed E-state index contributed by atoms with van der Waals surface area (Å²) in [7, 11) is 1.55. The molecule has 2 amide bonds. The molecule has 1 aliphatic carbocycles. The molecule has 0 heterocycles. The quantitative estimate of drug-likeness (QED) is 0.863. The molecule has 1 fully saturated rings. The first-order valence-corrected chi connectivity index (χ1v) is 6.38. The van der Waals surface area contributed by atoms with E-state index in [9.17, 15) is 18.4 Å². The number of rotatable bonds is 5. The molecule has 0 saturated heterocycles. The van der Waals surface area contributed by atoms with E-state index in [1.807, 2.05) is 0 Å². The molecule has 2 rings (SSSR count). The van der Waals surface area contributed by atoms with Gasteiger partial charge in [0.1, 0.15) is 0 Å². The Morgan fingerprint density at radius 2 is 1.90 bits per heavy atom. The van der Waals surface area contributed by atoms with E-state index < -0.39 is 11.8 Å². The highest BCUT2D eigenvalue weighted by molar-refractivity contribution is 5.93. The second kappa shape index (κ2) is 5.56. The van der Waals surface area contributed by atoms with Crippen LogP contribution in [0.4, 0.5) is 8.78 Å². The molecular formula is C14H16F2N2O2. The minimum atomic E-state index is -2.66. The van der Waals surface area contributed by atoms with Gasteiger partial charge in [0.2, 0.25) is 5.91 Å². The average Bonchev–Trinajstić information content (AvgIpc) is 3.03. The fraction of sp³-hybridized carbons (Fsp3) is 0.429. The summed E-state index contributed by atoms with van der Waals surface area (Å²) in [4.78, 5) is 22.8. The normalized spacial score (nSPS) is 19.2. The highest BCUT2D eigenvalue weighted by atomic mass is 19.3. The van der Waals surface area contributed by atoms with Gasteiger partial charge in [0, 0.05) is 37.9 Å². The number of carbonyl (C=O) groups is 2. The Bertz CT molecular complexity index is 514. The Morgan fingerprint density at radius 3 is 2.40 bits per heavy atom. The monoisotopic (exact) mass is 282 g/mol. The highest BCUT2D eigenvalue weighted by Crippen LogP contribution is 2.50. The summed E-state index contributed by atoms with van der Waals surface area (Å²) in [6, 6.07) is 6.73. The first-order valence-electron chi connectivity index (χ1n) is 6.38. The van der Waals surface area contributed by atoms with Gasteiger partial charge >= 0.3 is 0 Å². The fourth-order valence-corrected chi connectivity index (χ4v) is 1.91. The molecule has 0 spiro atoms. The second-order valence-corrected chi connectivity index (χ2v) is 4.92. The molecule has 1 aliphatic rings. The second-order valence-electron chi connectivity index (χ2n) is 4.92. The maximum absolute atomic E-state index is 12.7. The molecule has 0 aliphatic heterocycles. The van der Waals surface area contributed by atoms with Crippen molar-refractivity contribution in [1.29, 1.82) is 0 Å². The maximum atomic E-state index is 12.7. The molecular weight excluding hydrogens is 266 g/mol. The van der Waals surface area contributed by atoms with Crippen molar-refractivity contribution < 1.29 is 18.4 Å². The highest BCUT2D eigenvalue weighted by Gasteiger charge is 2.57. The lowest BCUT2D eigenvalue weighted by Crippen LogP contribution is -2.23. The minimum absolute atomic E-state index is 0.136. The minimum Gasteiger partial charge on any atom is -0.355 e. The molecule has 0 radical (unpaired) electrons. The van der Waals surface area contributed by atoms with Crippen LogP contribution in [0.1, 0.15) is 28.8 Å². The van der Waals surface area contributed by atoms with Crippen LogP contribution in [0.5, 0.6) is 0 Å². The van der Waals surface area contributed by atoms with E-state index in [4.69, 9.17) is 0 Å². The summed E-state index contributed by atoms with van der Waals surface area (Å²) in [6.07, 6.45) is -0.329. The van der Waals surface area contributed by atoms with Crippen molar-refractivity contribution >= 4 is 11.8 Å². The SMILES string of the molecule is CNC(=O)c1ccc(CNC(=O)C[C@H]2CC2(F)F)cc1. The summed E-state index contributed by atoms with van der Waals surface area (Å²) in [6.45, 7) is 0.269. The number of nitrogens with one attached hydrogen (secondary N) is 2. The van der Waals surface area contributed by atoms with Crippen LogP contribution in [0.25, 0.3) is 0 Å². The van der Waals surface area contributed by atoms with Crippen molar-refractivity contribution in [2.75, 3.05) is 7.05 Å². The lowest BCUT2D eigenvalue weighted by Gasteiger charge is -2.06. The van der Waals surface area contributed by atoms with Gasteiger partial charge < -0.3 is 10.6 Å². The molecule has 108 valence electrons. The van der Waals surface area contributed by atoms with Crippen LogP contribution in [0.2, 0.25) is 0 Å². The van der Waals surface area contributed by atoms with E-state index in [-0.39, 0.29) is 31.2 Å². The summed E-state index contributed by atoms with van der Waals surface area (Å²) in [5.74, 6) is -4.02. The number of halogens is 2. The largest absolute Gasteiger partial charge is 0.355 e. The van der Waals surface area contributed by atoms with Gasteiger partial charge in [0.25, 0.3) is 11.8 Å². The molecule has 1 saturated carbocycles. The zero-order valence-electron chi connectivity index (χ0n) is 11.1. The molecule has 4 nitrogen and oxygen atoms in total. The van der Waals surface area contributed by atoms with Crippen molar-refractivity contribution in [2.24, 2.45) is 5.92 Å². The van der Waals surface area contributed by atoms with Crippen LogP contribution in [-0.2, 0) is 11.3 Å². The van der Waals surface area contributed by atoms with Crippen molar-refractivity contribution in [3.8, 4) is 0 Å². The van der Waals surface area contributed by atoms with Crippen LogP contribution >= 0.6 is 0 Å². The number of hydrogen-bond donors (Lipinski definition) is 2. The maximum Gasteiger partial charge on any atom is 0.252 e. The van der Waals surface area contributed by atoms with E-state index in [1.54, 1.807) is 31.3 Å². The average molecular weight is 282 g/mol. The Labute approximate surface area is 115 Å². The predicted octanol–water partition coefficient (Wildman–Crippen LogP) is 1.71. The number of benzene rings is 1. The first-order chi connectivity index (χ1) is 9.42. The smallest absolute Gasteiger partial charge is 0.252 e. The Kier molecular flexibility index (Phi) is 4.01. The Morgan fingerprint density at radius 1 is 1.30 bits per heavy atom. The number of hydrogen-bond acceptors (Lipinski definition) is 2. The third-order valence-corrected chi connectivity index (χ3v) is 3.32. The van der Waals surface area contributed by atoms with Crippen LogP contribution in [0.3, 0.4) is 0 Å². The van der Waals surface area contributed by atoms with E-state index in [2.05, 4.69) is 10.6 Å². The lowest BCUT2D eigenvalue weighted by atomic mass is 10.1. The van der Waals surface area contributed by atoms with Crippen LogP contribution in [-0.4, -0.2) is 24.8 Å².